The number of sulfone groups is 1. The average Bonchev–Trinajstić information content (AvgIpc) is 3.13. The van der Waals surface area contributed by atoms with Gasteiger partial charge in [0.25, 0.3) is 5.91 Å². The summed E-state index contributed by atoms with van der Waals surface area (Å²) in [5.41, 5.74) is -2.65. The Morgan fingerprint density at radius 1 is 1.35 bits per heavy atom. The molecule has 170 valence electrons. The van der Waals surface area contributed by atoms with Crippen LogP contribution in [0.2, 0.25) is 0 Å². The predicted molar refractivity (Wildman–Crippen MR) is 99.6 cm³/mol. The van der Waals surface area contributed by atoms with Gasteiger partial charge in [-0.1, -0.05) is 0 Å². The van der Waals surface area contributed by atoms with Gasteiger partial charge in [0.2, 0.25) is 5.92 Å². The molecule has 1 amide bonds. The highest BCUT2D eigenvalue weighted by Crippen LogP contribution is 2.41. The van der Waals surface area contributed by atoms with Gasteiger partial charge in [-0.25, -0.2) is 22.2 Å². The molecule has 0 spiro atoms. The van der Waals surface area contributed by atoms with E-state index in [0.29, 0.717) is 0 Å². The standard InChI is InChI=1S/C18H19F5N4O3S/c1-10-14(18(21,22)23)15(27(26-10)9-11-3-5-17(19,20)8-11)16(28)25-12-4-6-24-13(7-12)31(2,29)30/h4,6-7,11H,3,5,8-9H2,1-2H3,(H,24,25,28). The van der Waals surface area contributed by atoms with Crippen molar-refractivity contribution in [2.75, 3.05) is 11.6 Å². The Kier molecular flexibility index (Phi) is 5.84. The summed E-state index contributed by atoms with van der Waals surface area (Å²) in [6, 6.07) is 2.22. The minimum atomic E-state index is -4.91. The van der Waals surface area contributed by atoms with Crippen LogP contribution in [0.15, 0.2) is 23.4 Å². The van der Waals surface area contributed by atoms with Crippen LogP contribution in [0.25, 0.3) is 0 Å². The minimum Gasteiger partial charge on any atom is -0.320 e. The van der Waals surface area contributed by atoms with Crippen molar-refractivity contribution in [2.45, 2.75) is 49.9 Å². The molecule has 1 unspecified atom stereocenters. The van der Waals surface area contributed by atoms with Gasteiger partial charge in [0.1, 0.15) is 11.3 Å². The van der Waals surface area contributed by atoms with Crippen LogP contribution < -0.4 is 5.32 Å². The molecule has 3 rings (SSSR count). The number of hydrogen-bond acceptors (Lipinski definition) is 5. The normalized spacial score (nSPS) is 18.9. The zero-order chi connectivity index (χ0) is 23.2. The Morgan fingerprint density at radius 2 is 2.03 bits per heavy atom. The van der Waals surface area contributed by atoms with Crippen molar-refractivity contribution in [3.8, 4) is 0 Å². The quantitative estimate of drug-likeness (QED) is 0.679. The lowest BCUT2D eigenvalue weighted by molar-refractivity contribution is -0.138. The Morgan fingerprint density at radius 3 is 2.58 bits per heavy atom. The Bertz CT molecular complexity index is 1110. The summed E-state index contributed by atoms with van der Waals surface area (Å²) in [5.74, 6) is -4.73. The molecule has 13 heteroatoms. The molecule has 2 aromatic rings. The zero-order valence-electron chi connectivity index (χ0n) is 16.5. The highest BCUT2D eigenvalue weighted by Gasteiger charge is 2.43. The maximum atomic E-state index is 13.6. The Labute approximate surface area is 174 Å². The maximum absolute atomic E-state index is 13.6. The van der Waals surface area contributed by atoms with Crippen molar-refractivity contribution in [3.63, 3.8) is 0 Å². The lowest BCUT2D eigenvalue weighted by Gasteiger charge is -2.15. The van der Waals surface area contributed by atoms with E-state index in [1.807, 2.05) is 0 Å². The third-order valence-corrected chi connectivity index (χ3v) is 5.92. The number of pyridine rings is 1. The molecule has 0 bridgehead atoms. The summed E-state index contributed by atoms with van der Waals surface area (Å²) in [6.07, 6.45) is -3.73. The van der Waals surface area contributed by atoms with E-state index in [2.05, 4.69) is 15.4 Å². The van der Waals surface area contributed by atoms with Gasteiger partial charge in [0.15, 0.2) is 14.9 Å². The number of aryl methyl sites for hydroxylation is 1. The molecular weight excluding hydrogens is 447 g/mol. The van der Waals surface area contributed by atoms with Crippen LogP contribution >= 0.6 is 0 Å². The summed E-state index contributed by atoms with van der Waals surface area (Å²) in [5, 5.41) is 5.64. The van der Waals surface area contributed by atoms with E-state index in [1.165, 1.54) is 6.07 Å². The smallest absolute Gasteiger partial charge is 0.320 e. The van der Waals surface area contributed by atoms with Crippen LogP contribution in [0.3, 0.4) is 0 Å². The average molecular weight is 466 g/mol. The topological polar surface area (TPSA) is 93.9 Å². The van der Waals surface area contributed by atoms with Crippen LogP contribution in [-0.2, 0) is 22.6 Å². The van der Waals surface area contributed by atoms with Crippen LogP contribution in [-0.4, -0.2) is 41.3 Å². The monoisotopic (exact) mass is 466 g/mol. The molecule has 7 nitrogen and oxygen atoms in total. The molecule has 1 aliphatic rings. The molecule has 0 aromatic carbocycles. The van der Waals surface area contributed by atoms with Crippen LogP contribution in [0.1, 0.15) is 41.0 Å². The van der Waals surface area contributed by atoms with Gasteiger partial charge in [-0.2, -0.15) is 18.3 Å². The van der Waals surface area contributed by atoms with Crippen LogP contribution in [0.5, 0.6) is 0 Å². The van der Waals surface area contributed by atoms with Crippen LogP contribution in [0.4, 0.5) is 27.6 Å². The van der Waals surface area contributed by atoms with Gasteiger partial charge < -0.3 is 5.32 Å². The van der Waals surface area contributed by atoms with E-state index in [1.54, 1.807) is 0 Å². The molecule has 1 fully saturated rings. The number of anilines is 1. The number of carbonyl (C=O) groups excluding carboxylic acids is 1. The van der Waals surface area contributed by atoms with E-state index in [-0.39, 0.29) is 30.1 Å². The van der Waals surface area contributed by atoms with E-state index in [4.69, 9.17) is 0 Å². The first-order valence-corrected chi connectivity index (χ1v) is 11.1. The van der Waals surface area contributed by atoms with Gasteiger partial charge in [0.05, 0.1) is 5.69 Å². The van der Waals surface area contributed by atoms with Crippen molar-refractivity contribution in [2.24, 2.45) is 5.92 Å². The largest absolute Gasteiger partial charge is 0.420 e. The first-order chi connectivity index (χ1) is 14.2. The number of nitrogens with zero attached hydrogens (tertiary/aromatic N) is 3. The van der Waals surface area contributed by atoms with E-state index in [9.17, 15) is 35.2 Å². The second kappa shape index (κ2) is 7.84. The van der Waals surface area contributed by atoms with Crippen molar-refractivity contribution in [1.29, 1.82) is 0 Å². The molecule has 1 saturated carbocycles. The Hall–Kier alpha value is -2.57. The van der Waals surface area contributed by atoms with Gasteiger partial charge in [0, 0.05) is 37.5 Å². The highest BCUT2D eigenvalue weighted by molar-refractivity contribution is 7.90. The van der Waals surface area contributed by atoms with Gasteiger partial charge in [-0.15, -0.1) is 0 Å². The third-order valence-electron chi connectivity index (χ3n) is 4.94. The third kappa shape index (κ3) is 5.20. The summed E-state index contributed by atoms with van der Waals surface area (Å²) in [6.45, 7) is 0.799. The molecule has 1 atom stereocenters. The van der Waals surface area contributed by atoms with Crippen molar-refractivity contribution in [3.05, 3.63) is 35.3 Å². The lowest BCUT2D eigenvalue weighted by Crippen LogP contribution is -2.24. The molecule has 2 heterocycles. The fraction of sp³-hybridized carbons (Fsp3) is 0.500. The summed E-state index contributed by atoms with van der Waals surface area (Å²) in [7, 11) is -3.72. The second-order valence-electron chi connectivity index (χ2n) is 7.56. The minimum absolute atomic E-state index is 0.0913. The zero-order valence-corrected chi connectivity index (χ0v) is 17.3. The van der Waals surface area contributed by atoms with Crippen molar-refractivity contribution in [1.82, 2.24) is 14.8 Å². The van der Waals surface area contributed by atoms with Crippen molar-refractivity contribution < 1.29 is 35.2 Å². The van der Waals surface area contributed by atoms with Crippen LogP contribution in [0, 0.1) is 12.8 Å². The molecule has 0 aliphatic heterocycles. The van der Waals surface area contributed by atoms with E-state index in [0.717, 1.165) is 30.1 Å². The molecule has 1 N–H and O–H groups in total. The van der Waals surface area contributed by atoms with Gasteiger partial charge >= 0.3 is 6.18 Å². The number of halogens is 5. The van der Waals surface area contributed by atoms with E-state index < -0.39 is 57.1 Å². The second-order valence-corrected chi connectivity index (χ2v) is 9.53. The maximum Gasteiger partial charge on any atom is 0.420 e. The Balaban J connectivity index is 1.97. The number of hydrogen-bond donors (Lipinski definition) is 1. The van der Waals surface area contributed by atoms with Crippen molar-refractivity contribution >= 4 is 21.4 Å². The summed E-state index contributed by atoms with van der Waals surface area (Å²) >= 11 is 0. The fourth-order valence-electron chi connectivity index (χ4n) is 3.61. The molecule has 0 radical (unpaired) electrons. The number of alkyl halides is 5. The fourth-order valence-corrected chi connectivity index (χ4v) is 4.20. The summed E-state index contributed by atoms with van der Waals surface area (Å²) < 4.78 is 92.0. The van der Waals surface area contributed by atoms with E-state index >= 15 is 0 Å². The number of carbonyl (C=O) groups is 1. The first-order valence-electron chi connectivity index (χ1n) is 9.17. The number of aromatic nitrogens is 3. The van der Waals surface area contributed by atoms with Gasteiger partial charge in [-0.3, -0.25) is 9.48 Å². The number of amides is 1. The number of nitrogens with one attached hydrogen (secondary N) is 1. The molecule has 1 aliphatic carbocycles. The molecule has 2 aromatic heterocycles. The predicted octanol–water partition coefficient (Wildman–Crippen LogP) is 3.70. The molecule has 31 heavy (non-hydrogen) atoms. The lowest BCUT2D eigenvalue weighted by atomic mass is 10.1. The van der Waals surface area contributed by atoms with Gasteiger partial charge in [-0.05, 0) is 31.4 Å². The highest BCUT2D eigenvalue weighted by atomic mass is 32.2. The summed E-state index contributed by atoms with van der Waals surface area (Å²) in [4.78, 5) is 16.4. The SMILES string of the molecule is Cc1nn(CC2CCC(F)(F)C2)c(C(=O)Nc2ccnc(S(C)(=O)=O)c2)c1C(F)(F)F. The molecule has 0 saturated heterocycles. The number of rotatable bonds is 5. The molecular formula is C18H19F5N4O3S. The first kappa shape index (κ1) is 23.1.